The first-order valence-electron chi connectivity index (χ1n) is 6.28. The molecule has 2 aliphatic rings. The molecule has 0 radical (unpaired) electrons. The molecule has 1 aromatic carbocycles. The predicted octanol–water partition coefficient (Wildman–Crippen LogP) is 0.407. The van der Waals surface area contributed by atoms with E-state index < -0.39 is 0 Å². The van der Waals surface area contributed by atoms with E-state index >= 15 is 0 Å². The average Bonchev–Trinajstić information content (AvgIpc) is 3.22. The highest BCUT2D eigenvalue weighted by molar-refractivity contribution is 6.21. The lowest BCUT2D eigenvalue weighted by Crippen LogP contribution is -2.33. The van der Waals surface area contributed by atoms with E-state index in [4.69, 9.17) is 5.26 Å². The summed E-state index contributed by atoms with van der Waals surface area (Å²) in [5.41, 5.74) is 0.762. The number of hydrogen-bond donors (Lipinski definition) is 0. The molecule has 6 nitrogen and oxygen atoms in total. The molecule has 20 heavy (non-hydrogen) atoms. The largest absolute Gasteiger partial charge is 0.322 e. The summed E-state index contributed by atoms with van der Waals surface area (Å²) in [4.78, 5) is 38.4. The molecular weight excluding hydrogens is 258 g/mol. The van der Waals surface area contributed by atoms with Gasteiger partial charge in [-0.3, -0.25) is 19.3 Å². The molecule has 6 heteroatoms. The number of imide groups is 1. The standard InChI is InChI=1S/C14H11N3O3/c15-7-9-8-17(9)12(18)5-6-16-13(19)10-3-1-2-4-11(10)14(16)20/h1-4,9H,5-6,8H2. The van der Waals surface area contributed by atoms with E-state index in [2.05, 4.69) is 0 Å². The third-order valence-electron chi connectivity index (χ3n) is 3.51. The van der Waals surface area contributed by atoms with Gasteiger partial charge in [-0.2, -0.15) is 5.26 Å². The van der Waals surface area contributed by atoms with Gasteiger partial charge in [0.25, 0.3) is 11.8 Å². The van der Waals surface area contributed by atoms with Crippen LogP contribution in [-0.2, 0) is 4.79 Å². The van der Waals surface area contributed by atoms with E-state index in [-0.39, 0.29) is 36.7 Å². The Bertz CT molecular complexity index is 627. The Labute approximate surface area is 115 Å². The van der Waals surface area contributed by atoms with Crippen molar-refractivity contribution in [1.29, 1.82) is 5.26 Å². The second-order valence-electron chi connectivity index (χ2n) is 4.75. The van der Waals surface area contributed by atoms with Crippen LogP contribution >= 0.6 is 0 Å². The Hall–Kier alpha value is -2.68. The number of carbonyl (C=O) groups excluding carboxylic acids is 3. The average molecular weight is 269 g/mol. The Kier molecular flexibility index (Phi) is 2.75. The molecule has 3 amide bonds. The molecular formula is C14H11N3O3. The molecule has 0 aliphatic carbocycles. The van der Waals surface area contributed by atoms with Crippen molar-refractivity contribution in [2.45, 2.75) is 12.5 Å². The molecule has 1 atom stereocenters. The number of rotatable bonds is 3. The van der Waals surface area contributed by atoms with Crippen LogP contribution in [0.3, 0.4) is 0 Å². The smallest absolute Gasteiger partial charge is 0.261 e. The summed E-state index contributed by atoms with van der Waals surface area (Å²) in [5, 5.41) is 8.64. The molecule has 2 aliphatic heterocycles. The summed E-state index contributed by atoms with van der Waals surface area (Å²) >= 11 is 0. The van der Waals surface area contributed by atoms with Crippen molar-refractivity contribution in [2.24, 2.45) is 0 Å². The lowest BCUT2D eigenvalue weighted by Gasteiger charge is -2.13. The maximum Gasteiger partial charge on any atom is 0.261 e. The Morgan fingerprint density at radius 3 is 2.35 bits per heavy atom. The summed E-state index contributed by atoms with van der Waals surface area (Å²) in [6.45, 7) is 0.497. The lowest BCUT2D eigenvalue weighted by molar-refractivity contribution is -0.126. The summed E-state index contributed by atoms with van der Waals surface area (Å²) < 4.78 is 0. The van der Waals surface area contributed by atoms with Crippen LogP contribution in [0.1, 0.15) is 27.1 Å². The maximum atomic E-state index is 12.1. The van der Waals surface area contributed by atoms with Gasteiger partial charge >= 0.3 is 0 Å². The molecule has 1 unspecified atom stereocenters. The topological polar surface area (TPSA) is 81.2 Å². The number of benzene rings is 1. The first kappa shape index (κ1) is 12.4. The van der Waals surface area contributed by atoms with Crippen LogP contribution < -0.4 is 0 Å². The van der Waals surface area contributed by atoms with Gasteiger partial charge in [0.05, 0.1) is 23.7 Å². The van der Waals surface area contributed by atoms with Gasteiger partial charge in [0.2, 0.25) is 5.91 Å². The molecule has 1 fully saturated rings. The third-order valence-corrected chi connectivity index (χ3v) is 3.51. The molecule has 3 rings (SSSR count). The first-order chi connectivity index (χ1) is 9.63. The molecule has 0 N–H and O–H groups in total. The highest BCUT2D eigenvalue weighted by Gasteiger charge is 2.40. The van der Waals surface area contributed by atoms with Crippen molar-refractivity contribution in [3.8, 4) is 6.07 Å². The van der Waals surface area contributed by atoms with Crippen molar-refractivity contribution in [2.75, 3.05) is 13.1 Å². The van der Waals surface area contributed by atoms with Gasteiger partial charge in [0.15, 0.2) is 0 Å². The Balaban J connectivity index is 1.66. The number of amides is 3. The van der Waals surface area contributed by atoms with Crippen LogP contribution in [0.4, 0.5) is 0 Å². The fraction of sp³-hybridized carbons (Fsp3) is 0.286. The van der Waals surface area contributed by atoms with Crippen molar-refractivity contribution < 1.29 is 14.4 Å². The Morgan fingerprint density at radius 2 is 1.85 bits per heavy atom. The van der Waals surface area contributed by atoms with E-state index in [1.807, 2.05) is 6.07 Å². The SMILES string of the molecule is N#CC1CN1C(=O)CCN1C(=O)c2ccccc2C1=O. The van der Waals surface area contributed by atoms with E-state index in [0.717, 1.165) is 4.90 Å². The maximum absolute atomic E-state index is 12.1. The zero-order valence-electron chi connectivity index (χ0n) is 10.6. The molecule has 0 bridgehead atoms. The molecule has 2 heterocycles. The van der Waals surface area contributed by atoms with Gasteiger partial charge in [0, 0.05) is 13.0 Å². The second kappa shape index (κ2) is 4.46. The van der Waals surface area contributed by atoms with Crippen molar-refractivity contribution in [3.05, 3.63) is 35.4 Å². The normalized spacial score (nSPS) is 19.9. The van der Waals surface area contributed by atoms with Gasteiger partial charge in [-0.25, -0.2) is 0 Å². The zero-order chi connectivity index (χ0) is 14.3. The first-order valence-corrected chi connectivity index (χ1v) is 6.28. The number of nitrogens with zero attached hydrogens (tertiary/aromatic N) is 3. The number of carbonyl (C=O) groups is 3. The van der Waals surface area contributed by atoms with Gasteiger partial charge in [-0.05, 0) is 12.1 Å². The van der Waals surface area contributed by atoms with Crippen LogP contribution in [0.2, 0.25) is 0 Å². The van der Waals surface area contributed by atoms with Gasteiger partial charge in [-0.1, -0.05) is 12.1 Å². The van der Waals surface area contributed by atoms with E-state index in [1.54, 1.807) is 24.3 Å². The minimum absolute atomic E-state index is 0.0554. The highest BCUT2D eigenvalue weighted by atomic mass is 16.2. The van der Waals surface area contributed by atoms with Crippen molar-refractivity contribution in [3.63, 3.8) is 0 Å². The van der Waals surface area contributed by atoms with Crippen LogP contribution in [0.25, 0.3) is 0 Å². The molecule has 0 saturated carbocycles. The molecule has 0 spiro atoms. The zero-order valence-corrected chi connectivity index (χ0v) is 10.6. The van der Waals surface area contributed by atoms with Gasteiger partial charge in [0.1, 0.15) is 6.04 Å². The quantitative estimate of drug-likeness (QED) is 0.587. The van der Waals surface area contributed by atoms with E-state index in [9.17, 15) is 14.4 Å². The van der Waals surface area contributed by atoms with Crippen LogP contribution in [-0.4, -0.2) is 46.7 Å². The predicted molar refractivity (Wildman–Crippen MR) is 67.5 cm³/mol. The second-order valence-corrected chi connectivity index (χ2v) is 4.75. The Morgan fingerprint density at radius 1 is 1.25 bits per heavy atom. The molecule has 1 saturated heterocycles. The highest BCUT2D eigenvalue weighted by Crippen LogP contribution is 2.23. The van der Waals surface area contributed by atoms with Gasteiger partial charge < -0.3 is 4.90 Å². The fourth-order valence-corrected chi connectivity index (χ4v) is 2.32. The summed E-state index contributed by atoms with van der Waals surface area (Å²) in [6.07, 6.45) is 0.0592. The minimum Gasteiger partial charge on any atom is -0.322 e. The summed E-state index contributed by atoms with van der Waals surface area (Å²) in [5.74, 6) is -0.921. The monoisotopic (exact) mass is 269 g/mol. The van der Waals surface area contributed by atoms with Crippen LogP contribution in [0, 0.1) is 11.3 Å². The lowest BCUT2D eigenvalue weighted by atomic mass is 10.1. The van der Waals surface area contributed by atoms with E-state index in [1.165, 1.54) is 4.90 Å². The van der Waals surface area contributed by atoms with Crippen LogP contribution in [0.15, 0.2) is 24.3 Å². The summed E-state index contributed by atoms with van der Waals surface area (Å²) in [6, 6.07) is 8.25. The number of fused-ring (bicyclic) bond motifs is 1. The van der Waals surface area contributed by atoms with E-state index in [0.29, 0.717) is 17.7 Å². The fourth-order valence-electron chi connectivity index (χ4n) is 2.32. The van der Waals surface area contributed by atoms with Crippen LogP contribution in [0.5, 0.6) is 0 Å². The van der Waals surface area contributed by atoms with Crippen molar-refractivity contribution >= 4 is 17.7 Å². The third kappa shape index (κ3) is 1.84. The number of hydrogen-bond acceptors (Lipinski definition) is 4. The molecule has 1 aromatic rings. The number of nitriles is 1. The summed E-state index contributed by atoms with van der Waals surface area (Å²) in [7, 11) is 0. The molecule has 100 valence electrons. The van der Waals surface area contributed by atoms with Gasteiger partial charge in [-0.15, -0.1) is 0 Å². The molecule has 0 aromatic heterocycles. The van der Waals surface area contributed by atoms with Crippen molar-refractivity contribution in [1.82, 2.24) is 9.80 Å². The minimum atomic E-state index is -0.360.